The van der Waals surface area contributed by atoms with E-state index in [1.54, 1.807) is 21.1 Å². The van der Waals surface area contributed by atoms with E-state index in [2.05, 4.69) is 50.3 Å². The molecule has 8 nitrogen and oxygen atoms in total. The number of hydrogen-bond donors (Lipinski definition) is 0. The third kappa shape index (κ3) is 39.0. The number of allylic oxidation sites excluding steroid dienone is 6. The standard InChI is InChI=1S/C50H91NO7/c1-6-8-10-12-14-16-18-20-22-23-24-25-27-29-31-33-35-37-39-41-49(53)58-46(44-56-43-42-47(50(54)55)51(3,4)5)45-57-48(52)40-38-36-34-32-30-28-26-21-19-17-15-13-11-9-7-2/h14,16,20-22,26,46-47H,6-13,15,17-19,23-25,27-45H2,1-5H3/b16-14-,22-20-,26-21-. The maximum Gasteiger partial charge on any atom is 0.306 e. The highest BCUT2D eigenvalue weighted by atomic mass is 16.6. The van der Waals surface area contributed by atoms with Crippen molar-refractivity contribution < 1.29 is 38.2 Å². The number of aliphatic carboxylic acids is 1. The number of carboxylic acid groups (broad SMARTS) is 1. The lowest BCUT2D eigenvalue weighted by atomic mass is 10.1. The number of likely N-dealkylation sites (N-methyl/N-ethyl adjacent to an activating group) is 1. The molecule has 0 aliphatic rings. The van der Waals surface area contributed by atoms with Crippen molar-refractivity contribution in [2.75, 3.05) is 41.0 Å². The molecule has 0 amide bonds. The Balaban J connectivity index is 4.30. The van der Waals surface area contributed by atoms with Crippen LogP contribution in [0.1, 0.15) is 213 Å². The summed E-state index contributed by atoms with van der Waals surface area (Å²) < 4.78 is 17.2. The largest absolute Gasteiger partial charge is 0.544 e. The molecule has 8 heteroatoms. The molecule has 0 aromatic heterocycles. The molecular weight excluding hydrogens is 727 g/mol. The molecule has 0 saturated heterocycles. The van der Waals surface area contributed by atoms with Gasteiger partial charge in [0.2, 0.25) is 0 Å². The number of carboxylic acids is 1. The molecular formula is C50H91NO7. The van der Waals surface area contributed by atoms with Gasteiger partial charge in [0.05, 0.1) is 40.3 Å². The summed E-state index contributed by atoms with van der Waals surface area (Å²) in [5.74, 6) is -1.74. The molecule has 0 spiro atoms. The number of esters is 2. The minimum Gasteiger partial charge on any atom is -0.544 e. The van der Waals surface area contributed by atoms with Gasteiger partial charge < -0.3 is 28.6 Å². The highest BCUT2D eigenvalue weighted by molar-refractivity contribution is 5.70. The minimum atomic E-state index is -1.13. The van der Waals surface area contributed by atoms with Crippen LogP contribution in [-0.2, 0) is 28.6 Å². The Morgan fingerprint density at radius 2 is 0.914 bits per heavy atom. The van der Waals surface area contributed by atoms with E-state index in [-0.39, 0.29) is 42.7 Å². The van der Waals surface area contributed by atoms with Gasteiger partial charge in [-0.25, -0.2) is 0 Å². The molecule has 0 aliphatic heterocycles. The smallest absolute Gasteiger partial charge is 0.306 e. The number of unbranched alkanes of at least 4 members (excludes halogenated alkanes) is 23. The van der Waals surface area contributed by atoms with Crippen LogP contribution in [0.3, 0.4) is 0 Å². The van der Waals surface area contributed by atoms with Crippen LogP contribution in [0.5, 0.6) is 0 Å². The Kier molecular flexibility index (Phi) is 39.5. The van der Waals surface area contributed by atoms with E-state index in [0.717, 1.165) is 57.8 Å². The SMILES string of the molecule is CCCCC/C=C\C/C=C\CCCCCCCCCCCC(=O)OC(COCCC(C(=O)[O-])[N+](C)(C)C)COC(=O)CCCCCCC/C=C\CCCCCCCC. The third-order valence-corrected chi connectivity index (χ3v) is 10.7. The molecule has 0 fully saturated rings. The molecule has 58 heavy (non-hydrogen) atoms. The summed E-state index contributed by atoms with van der Waals surface area (Å²) in [6, 6.07) is -0.727. The van der Waals surface area contributed by atoms with Crippen molar-refractivity contribution in [2.24, 2.45) is 0 Å². The molecule has 0 heterocycles. The van der Waals surface area contributed by atoms with Gasteiger partial charge in [0.15, 0.2) is 6.10 Å². The van der Waals surface area contributed by atoms with E-state index >= 15 is 0 Å². The molecule has 0 saturated carbocycles. The lowest BCUT2D eigenvalue weighted by Gasteiger charge is -2.34. The van der Waals surface area contributed by atoms with Crippen LogP contribution in [0, 0.1) is 0 Å². The normalized spacial score (nSPS) is 13.2. The van der Waals surface area contributed by atoms with Crippen molar-refractivity contribution in [2.45, 2.75) is 225 Å². The predicted octanol–water partition coefficient (Wildman–Crippen LogP) is 12.1. The van der Waals surface area contributed by atoms with Gasteiger partial charge >= 0.3 is 11.9 Å². The van der Waals surface area contributed by atoms with Gasteiger partial charge in [-0.05, 0) is 70.6 Å². The second-order valence-electron chi connectivity index (χ2n) is 17.3. The Morgan fingerprint density at radius 3 is 1.38 bits per heavy atom. The lowest BCUT2D eigenvalue weighted by molar-refractivity contribution is -0.889. The molecule has 0 aromatic carbocycles. The van der Waals surface area contributed by atoms with Crippen LogP contribution in [0.4, 0.5) is 0 Å². The highest BCUT2D eigenvalue weighted by Crippen LogP contribution is 2.14. The summed E-state index contributed by atoms with van der Waals surface area (Å²) in [5.41, 5.74) is 0. The molecule has 0 aromatic rings. The van der Waals surface area contributed by atoms with E-state index in [1.165, 1.54) is 122 Å². The van der Waals surface area contributed by atoms with Crippen LogP contribution < -0.4 is 5.11 Å². The second kappa shape index (κ2) is 41.3. The van der Waals surface area contributed by atoms with Crippen LogP contribution in [0.15, 0.2) is 36.5 Å². The Hall–Kier alpha value is -2.45. The van der Waals surface area contributed by atoms with Gasteiger partial charge in [0, 0.05) is 19.3 Å². The molecule has 0 N–H and O–H groups in total. The first-order valence-electron chi connectivity index (χ1n) is 24.0. The van der Waals surface area contributed by atoms with Crippen LogP contribution in [0.2, 0.25) is 0 Å². The third-order valence-electron chi connectivity index (χ3n) is 10.7. The average Bonchev–Trinajstić information content (AvgIpc) is 3.18. The van der Waals surface area contributed by atoms with E-state index in [1.807, 2.05) is 0 Å². The minimum absolute atomic E-state index is 0.0379. The zero-order chi connectivity index (χ0) is 42.8. The number of nitrogens with zero attached hydrogens (tertiary/aromatic N) is 1. The molecule has 2 atom stereocenters. The predicted molar refractivity (Wildman–Crippen MR) is 240 cm³/mol. The second-order valence-corrected chi connectivity index (χ2v) is 17.3. The highest BCUT2D eigenvalue weighted by Gasteiger charge is 2.25. The number of quaternary nitrogens is 1. The number of carbonyl (C=O) groups is 3. The average molecular weight is 818 g/mol. The fourth-order valence-corrected chi connectivity index (χ4v) is 6.98. The number of carbonyl (C=O) groups excluding carboxylic acids is 3. The first-order valence-corrected chi connectivity index (χ1v) is 24.0. The number of hydrogen-bond acceptors (Lipinski definition) is 7. The van der Waals surface area contributed by atoms with Crippen molar-refractivity contribution in [1.29, 1.82) is 0 Å². The summed E-state index contributed by atoms with van der Waals surface area (Å²) in [7, 11) is 5.41. The van der Waals surface area contributed by atoms with Crippen molar-refractivity contribution in [3.8, 4) is 0 Å². The molecule has 0 aliphatic carbocycles. The first kappa shape index (κ1) is 55.5. The first-order chi connectivity index (χ1) is 28.1. The van der Waals surface area contributed by atoms with Crippen LogP contribution in [0.25, 0.3) is 0 Å². The van der Waals surface area contributed by atoms with E-state index < -0.39 is 18.1 Å². The van der Waals surface area contributed by atoms with Crippen LogP contribution in [-0.4, -0.2) is 75.5 Å². The molecule has 338 valence electrons. The van der Waals surface area contributed by atoms with Crippen molar-refractivity contribution in [3.05, 3.63) is 36.5 Å². The fraction of sp³-hybridized carbons (Fsp3) is 0.820. The van der Waals surface area contributed by atoms with Crippen molar-refractivity contribution >= 4 is 17.9 Å². The van der Waals surface area contributed by atoms with Gasteiger partial charge in [-0.1, -0.05) is 159 Å². The molecule has 0 radical (unpaired) electrons. The molecule has 0 bridgehead atoms. The van der Waals surface area contributed by atoms with Crippen LogP contribution >= 0.6 is 0 Å². The monoisotopic (exact) mass is 818 g/mol. The van der Waals surface area contributed by atoms with E-state index in [9.17, 15) is 19.5 Å². The summed E-state index contributed by atoms with van der Waals surface area (Å²) in [6.45, 7) is 4.63. The quantitative estimate of drug-likeness (QED) is 0.0261. The molecule has 2 unspecified atom stereocenters. The van der Waals surface area contributed by atoms with Crippen molar-refractivity contribution in [1.82, 2.24) is 0 Å². The number of ether oxygens (including phenoxy) is 3. The lowest BCUT2D eigenvalue weighted by Crippen LogP contribution is -2.55. The Labute approximate surface area is 357 Å². The zero-order valence-electron chi connectivity index (χ0n) is 38.5. The van der Waals surface area contributed by atoms with Gasteiger partial charge in [0.1, 0.15) is 12.6 Å². The van der Waals surface area contributed by atoms with Gasteiger partial charge in [-0.3, -0.25) is 9.59 Å². The Morgan fingerprint density at radius 1 is 0.517 bits per heavy atom. The van der Waals surface area contributed by atoms with E-state index in [0.29, 0.717) is 12.8 Å². The van der Waals surface area contributed by atoms with Crippen molar-refractivity contribution in [3.63, 3.8) is 0 Å². The Bertz CT molecular complexity index is 1050. The van der Waals surface area contributed by atoms with Gasteiger partial charge in [-0.2, -0.15) is 0 Å². The molecule has 0 rings (SSSR count). The van der Waals surface area contributed by atoms with Gasteiger partial charge in [0.25, 0.3) is 0 Å². The zero-order valence-corrected chi connectivity index (χ0v) is 38.5. The maximum atomic E-state index is 12.8. The topological polar surface area (TPSA) is 102 Å². The maximum absolute atomic E-state index is 12.8. The summed E-state index contributed by atoms with van der Waals surface area (Å²) in [4.78, 5) is 36.9. The summed E-state index contributed by atoms with van der Waals surface area (Å²) in [6.07, 6.45) is 47.3. The summed E-state index contributed by atoms with van der Waals surface area (Å²) >= 11 is 0. The van der Waals surface area contributed by atoms with E-state index in [4.69, 9.17) is 14.2 Å². The summed E-state index contributed by atoms with van der Waals surface area (Å²) in [5, 5.41) is 11.6. The number of rotatable bonds is 43. The van der Waals surface area contributed by atoms with Gasteiger partial charge in [-0.15, -0.1) is 0 Å². The fourth-order valence-electron chi connectivity index (χ4n) is 6.98.